The maximum Gasteiger partial charge on any atom is 0.257 e. The lowest BCUT2D eigenvalue weighted by Crippen LogP contribution is -2.27. The van der Waals surface area contributed by atoms with E-state index in [9.17, 15) is 4.79 Å². The highest BCUT2D eigenvalue weighted by molar-refractivity contribution is 6.07. The first-order valence-electron chi connectivity index (χ1n) is 8.57. The highest BCUT2D eigenvalue weighted by atomic mass is 16.5. The van der Waals surface area contributed by atoms with Gasteiger partial charge in [0.25, 0.3) is 5.91 Å². The van der Waals surface area contributed by atoms with Crippen molar-refractivity contribution in [3.8, 4) is 5.75 Å². The van der Waals surface area contributed by atoms with Crippen molar-refractivity contribution in [1.29, 1.82) is 5.41 Å². The monoisotopic (exact) mass is 358 g/mol. The lowest BCUT2D eigenvalue weighted by Gasteiger charge is -2.08. The molecule has 4 aromatic rings. The van der Waals surface area contributed by atoms with Gasteiger partial charge in [-0.05, 0) is 40.6 Å². The maximum absolute atomic E-state index is 12.6. The van der Waals surface area contributed by atoms with Crippen molar-refractivity contribution in [3.63, 3.8) is 0 Å². The first kappa shape index (κ1) is 16.8. The summed E-state index contributed by atoms with van der Waals surface area (Å²) in [6.07, 6.45) is 0. The van der Waals surface area contributed by atoms with Gasteiger partial charge in [0.05, 0.1) is 7.11 Å². The molecular formula is C22H18N2O3. The first-order valence-corrected chi connectivity index (χ1v) is 8.57. The van der Waals surface area contributed by atoms with Crippen molar-refractivity contribution in [2.24, 2.45) is 0 Å². The zero-order valence-corrected chi connectivity index (χ0v) is 14.8. The van der Waals surface area contributed by atoms with Gasteiger partial charge in [0.1, 0.15) is 16.9 Å². The highest BCUT2D eigenvalue weighted by Gasteiger charge is 2.13. The van der Waals surface area contributed by atoms with E-state index < -0.39 is 0 Å². The van der Waals surface area contributed by atoms with E-state index in [1.807, 2.05) is 60.7 Å². The maximum atomic E-state index is 12.6. The minimum Gasteiger partial charge on any atom is -0.497 e. The van der Waals surface area contributed by atoms with Crippen molar-refractivity contribution in [3.05, 3.63) is 83.4 Å². The molecule has 0 atom stereocenters. The molecule has 0 radical (unpaired) electrons. The topological polar surface area (TPSA) is 75.3 Å². The molecule has 5 nitrogen and oxygen atoms in total. The van der Waals surface area contributed by atoms with Crippen LogP contribution in [0.4, 0.5) is 0 Å². The van der Waals surface area contributed by atoms with Crippen LogP contribution in [0.2, 0.25) is 0 Å². The molecule has 5 heteroatoms. The Morgan fingerprint density at radius 2 is 1.81 bits per heavy atom. The predicted molar refractivity (Wildman–Crippen MR) is 104 cm³/mol. The number of hydrogen-bond donors (Lipinski definition) is 2. The molecule has 0 saturated carbocycles. The molecule has 0 aliphatic carbocycles. The number of fused-ring (bicyclic) bond motifs is 3. The molecule has 3 aromatic carbocycles. The molecule has 0 unspecified atom stereocenters. The van der Waals surface area contributed by atoms with Crippen molar-refractivity contribution < 1.29 is 13.9 Å². The Balaban J connectivity index is 1.65. The molecule has 0 fully saturated rings. The van der Waals surface area contributed by atoms with E-state index >= 15 is 0 Å². The number of amides is 1. The smallest absolute Gasteiger partial charge is 0.257 e. The van der Waals surface area contributed by atoms with Gasteiger partial charge >= 0.3 is 0 Å². The van der Waals surface area contributed by atoms with E-state index in [4.69, 9.17) is 14.6 Å². The molecule has 0 aliphatic rings. The molecule has 1 heterocycles. The van der Waals surface area contributed by atoms with Crippen molar-refractivity contribution in [2.45, 2.75) is 6.54 Å². The number of carbonyl (C=O) groups excluding carboxylic acids is 1. The Morgan fingerprint density at radius 1 is 1.04 bits per heavy atom. The zero-order chi connectivity index (χ0) is 18.8. The fraction of sp³-hybridized carbons (Fsp3) is 0.0909. The molecule has 4 rings (SSSR count). The molecule has 0 aliphatic heterocycles. The number of rotatable bonds is 4. The average molecular weight is 358 g/mol. The lowest BCUT2D eigenvalue weighted by atomic mass is 10.0. The lowest BCUT2D eigenvalue weighted by molar-refractivity contribution is 0.0946. The number of methoxy groups -OCH3 is 1. The van der Waals surface area contributed by atoms with Crippen LogP contribution in [-0.2, 0) is 6.54 Å². The molecule has 0 spiro atoms. The Bertz CT molecular complexity index is 1190. The van der Waals surface area contributed by atoms with E-state index in [1.165, 1.54) is 0 Å². The predicted octanol–water partition coefficient (Wildman–Crippen LogP) is 4.00. The van der Waals surface area contributed by atoms with Crippen molar-refractivity contribution in [2.75, 3.05) is 7.11 Å². The molecule has 0 saturated heterocycles. The highest BCUT2D eigenvalue weighted by Crippen LogP contribution is 2.24. The molecule has 1 amide bonds. The van der Waals surface area contributed by atoms with Crippen LogP contribution < -0.4 is 15.6 Å². The van der Waals surface area contributed by atoms with E-state index in [2.05, 4.69) is 5.32 Å². The van der Waals surface area contributed by atoms with Gasteiger partial charge < -0.3 is 14.5 Å². The first-order chi connectivity index (χ1) is 13.2. The van der Waals surface area contributed by atoms with Crippen LogP contribution in [0, 0.1) is 5.41 Å². The van der Waals surface area contributed by atoms with Crippen LogP contribution in [0.1, 0.15) is 15.9 Å². The van der Waals surface area contributed by atoms with Gasteiger partial charge in [-0.3, -0.25) is 10.2 Å². The Labute approximate surface area is 155 Å². The Kier molecular flexibility index (Phi) is 4.34. The van der Waals surface area contributed by atoms with Crippen LogP contribution in [0.15, 0.2) is 71.1 Å². The van der Waals surface area contributed by atoms with Gasteiger partial charge in [0, 0.05) is 11.9 Å². The number of ether oxygens (including phenoxy) is 1. The molecular weight excluding hydrogens is 340 g/mol. The van der Waals surface area contributed by atoms with Gasteiger partial charge in [-0.2, -0.15) is 0 Å². The quantitative estimate of drug-likeness (QED) is 0.541. The summed E-state index contributed by atoms with van der Waals surface area (Å²) in [6, 6.07) is 20.9. The van der Waals surface area contributed by atoms with Crippen LogP contribution in [0.25, 0.3) is 21.7 Å². The minimum atomic E-state index is -0.339. The summed E-state index contributed by atoms with van der Waals surface area (Å²) in [6.45, 7) is 0.357. The molecule has 0 bridgehead atoms. The second-order valence-electron chi connectivity index (χ2n) is 6.22. The van der Waals surface area contributed by atoms with Gasteiger partial charge in [-0.15, -0.1) is 0 Å². The minimum absolute atomic E-state index is 0.148. The fourth-order valence-corrected chi connectivity index (χ4v) is 3.08. The third kappa shape index (κ3) is 3.27. The molecule has 134 valence electrons. The molecule has 2 N–H and O–H groups in total. The second kappa shape index (κ2) is 6.96. The summed E-state index contributed by atoms with van der Waals surface area (Å²) in [5.74, 6) is 0.424. The SMILES string of the molecule is COc1ccc(CNC(=O)c2cc3c(ccc4ccccc43)oc2=N)cc1. The summed E-state index contributed by atoms with van der Waals surface area (Å²) in [5, 5.41) is 13.8. The third-order valence-corrected chi connectivity index (χ3v) is 4.53. The van der Waals surface area contributed by atoms with E-state index in [1.54, 1.807) is 13.2 Å². The van der Waals surface area contributed by atoms with Crippen LogP contribution >= 0.6 is 0 Å². The van der Waals surface area contributed by atoms with Crippen LogP contribution in [0.3, 0.4) is 0 Å². The van der Waals surface area contributed by atoms with E-state index in [0.717, 1.165) is 27.5 Å². The van der Waals surface area contributed by atoms with Gasteiger partial charge in [0.15, 0.2) is 0 Å². The summed E-state index contributed by atoms with van der Waals surface area (Å²) >= 11 is 0. The standard InChI is InChI=1S/C22H18N2O3/c1-26-16-9-6-14(7-10-16)13-24-22(25)19-12-18-17-5-3-2-4-15(17)8-11-20(18)27-21(19)23/h2-12,23H,13H2,1H3,(H,24,25). The number of carbonyl (C=O) groups is 1. The van der Waals surface area contributed by atoms with Gasteiger partial charge in [-0.1, -0.05) is 42.5 Å². The number of benzene rings is 3. The summed E-state index contributed by atoms with van der Waals surface area (Å²) in [7, 11) is 1.61. The van der Waals surface area contributed by atoms with Crippen LogP contribution in [-0.4, -0.2) is 13.0 Å². The van der Waals surface area contributed by atoms with Gasteiger partial charge in [-0.25, -0.2) is 0 Å². The summed E-state index contributed by atoms with van der Waals surface area (Å²) in [5.41, 5.74) is 1.60. The number of nitrogens with one attached hydrogen (secondary N) is 2. The summed E-state index contributed by atoms with van der Waals surface area (Å²) < 4.78 is 10.7. The van der Waals surface area contributed by atoms with Crippen molar-refractivity contribution >= 4 is 27.6 Å². The average Bonchev–Trinajstić information content (AvgIpc) is 2.71. The van der Waals surface area contributed by atoms with Gasteiger partial charge in [0.2, 0.25) is 5.55 Å². The number of hydrogen-bond acceptors (Lipinski definition) is 4. The largest absolute Gasteiger partial charge is 0.497 e. The third-order valence-electron chi connectivity index (χ3n) is 4.53. The Hall–Kier alpha value is -3.60. The van der Waals surface area contributed by atoms with Crippen molar-refractivity contribution in [1.82, 2.24) is 5.32 Å². The molecule has 1 aromatic heterocycles. The zero-order valence-electron chi connectivity index (χ0n) is 14.8. The van der Waals surface area contributed by atoms with E-state index in [-0.39, 0.29) is 17.0 Å². The van der Waals surface area contributed by atoms with E-state index in [0.29, 0.717) is 12.1 Å². The van der Waals surface area contributed by atoms with Crippen LogP contribution in [0.5, 0.6) is 5.75 Å². The second-order valence-corrected chi connectivity index (χ2v) is 6.22. The fourth-order valence-electron chi connectivity index (χ4n) is 3.08. The summed E-state index contributed by atoms with van der Waals surface area (Å²) in [4.78, 5) is 12.6. The normalized spacial score (nSPS) is 10.9. The Morgan fingerprint density at radius 3 is 2.59 bits per heavy atom. The molecule has 27 heavy (non-hydrogen) atoms.